The maximum absolute atomic E-state index is 13.3. The van der Waals surface area contributed by atoms with Gasteiger partial charge in [-0.3, -0.25) is 14.5 Å². The first-order chi connectivity index (χ1) is 18.3. The molecule has 3 N–H and O–H groups in total. The smallest absolute Gasteiger partial charge is 0.381 e. The molecule has 0 bridgehead atoms. The molecule has 5 rings (SSSR count). The van der Waals surface area contributed by atoms with E-state index in [0.717, 1.165) is 9.91 Å². The van der Waals surface area contributed by atoms with Crippen LogP contribution in [0, 0.1) is 5.92 Å². The van der Waals surface area contributed by atoms with Crippen LogP contribution in [0.4, 0.5) is 29.5 Å². The molecule has 0 saturated carbocycles. The van der Waals surface area contributed by atoms with Gasteiger partial charge in [-0.05, 0) is 31.2 Å². The SMILES string of the molecule is C[C@@]1(C2=NO[C@H]3C(=O)N(CCNc4ncc(C(F)(F)F)cc4Cl)C(=O)[C@H]23)NC(=O)N(c2ccc(Cl)cc2Cl)N1. The maximum Gasteiger partial charge on any atom is 0.417 e. The number of carbonyl (C=O) groups excluding carboxylic acids is 3. The fraction of sp³-hybridized carbons (Fsp3) is 0.318. The number of nitrogens with one attached hydrogen (secondary N) is 3. The molecule has 206 valence electrons. The topological polar surface area (TPSA) is 128 Å². The van der Waals surface area contributed by atoms with Gasteiger partial charge in [-0.2, -0.15) is 18.6 Å². The van der Waals surface area contributed by atoms with Crippen LogP contribution in [0.15, 0.2) is 35.6 Å². The van der Waals surface area contributed by atoms with Crippen LogP contribution in [-0.4, -0.2) is 58.3 Å². The lowest BCUT2D eigenvalue weighted by molar-refractivity contribution is -0.142. The molecule has 3 atom stereocenters. The number of hydrogen-bond donors (Lipinski definition) is 3. The highest BCUT2D eigenvalue weighted by molar-refractivity contribution is 6.37. The van der Waals surface area contributed by atoms with Gasteiger partial charge in [-0.25, -0.2) is 14.8 Å². The van der Waals surface area contributed by atoms with Crippen molar-refractivity contribution in [2.75, 3.05) is 23.4 Å². The van der Waals surface area contributed by atoms with E-state index in [0.29, 0.717) is 17.3 Å². The summed E-state index contributed by atoms with van der Waals surface area (Å²) in [6.45, 7) is 1.32. The molecular weight excluding hydrogens is 590 g/mol. The number of imide groups is 1. The Morgan fingerprint density at radius 1 is 1.13 bits per heavy atom. The number of hydrogen-bond acceptors (Lipinski definition) is 8. The third kappa shape index (κ3) is 4.81. The highest BCUT2D eigenvalue weighted by Gasteiger charge is 2.61. The first-order valence-electron chi connectivity index (χ1n) is 11.2. The third-order valence-electron chi connectivity index (χ3n) is 6.26. The van der Waals surface area contributed by atoms with E-state index in [1.54, 1.807) is 6.92 Å². The van der Waals surface area contributed by atoms with Crippen molar-refractivity contribution in [3.63, 3.8) is 0 Å². The van der Waals surface area contributed by atoms with Crippen LogP contribution in [0.1, 0.15) is 12.5 Å². The number of likely N-dealkylation sites (tertiary alicyclic amines) is 1. The second kappa shape index (κ2) is 9.70. The van der Waals surface area contributed by atoms with E-state index in [1.807, 2.05) is 0 Å². The second-order valence-electron chi connectivity index (χ2n) is 8.89. The fourth-order valence-corrected chi connectivity index (χ4v) is 5.12. The van der Waals surface area contributed by atoms with Crippen molar-refractivity contribution in [1.82, 2.24) is 20.6 Å². The number of alkyl halides is 3. The van der Waals surface area contributed by atoms with Crippen molar-refractivity contribution in [2.24, 2.45) is 11.1 Å². The van der Waals surface area contributed by atoms with E-state index in [9.17, 15) is 27.6 Å². The van der Waals surface area contributed by atoms with Crippen molar-refractivity contribution in [3.8, 4) is 0 Å². The molecule has 2 aromatic rings. The molecule has 2 saturated heterocycles. The number of carbonyl (C=O) groups is 3. The monoisotopic (exact) mass is 605 g/mol. The number of amides is 4. The summed E-state index contributed by atoms with van der Waals surface area (Å²) in [4.78, 5) is 48.8. The maximum atomic E-state index is 13.3. The first kappa shape index (κ1) is 27.2. The van der Waals surface area contributed by atoms with Crippen molar-refractivity contribution in [1.29, 1.82) is 0 Å². The van der Waals surface area contributed by atoms with Gasteiger partial charge in [-0.1, -0.05) is 40.0 Å². The molecule has 2 fully saturated rings. The Kier molecular flexibility index (Phi) is 6.77. The van der Waals surface area contributed by atoms with Crippen molar-refractivity contribution in [3.05, 3.63) is 51.1 Å². The van der Waals surface area contributed by atoms with Crippen LogP contribution in [0.25, 0.3) is 0 Å². The van der Waals surface area contributed by atoms with Crippen molar-refractivity contribution in [2.45, 2.75) is 24.9 Å². The minimum atomic E-state index is -4.61. The summed E-state index contributed by atoms with van der Waals surface area (Å²) >= 11 is 18.1. The molecule has 17 heteroatoms. The molecular formula is C22H17Cl3F3N7O4. The Morgan fingerprint density at radius 2 is 1.87 bits per heavy atom. The van der Waals surface area contributed by atoms with Crippen LogP contribution < -0.4 is 21.1 Å². The predicted molar refractivity (Wildman–Crippen MR) is 134 cm³/mol. The zero-order valence-corrected chi connectivity index (χ0v) is 21.9. The van der Waals surface area contributed by atoms with Crippen molar-refractivity contribution < 1.29 is 32.4 Å². The molecule has 3 aliphatic heterocycles. The van der Waals surface area contributed by atoms with E-state index in [-0.39, 0.29) is 40.4 Å². The standard InChI is InChI=1S/C22H17Cl3F3N7O4/c1-21(31-20(38)35(33-21)13-3-2-10(23)7-11(13)24)16-14-15(39-32-16)19(37)34(18(14)36)5-4-29-17-12(25)6-9(8-30-17)22(26,27)28/h2-3,6-8,14-15,33H,4-5H2,1H3,(H,29,30)(H,31,38)/t14-,15+,21+/m0/s1. The zero-order chi connectivity index (χ0) is 28.3. The van der Waals surface area contributed by atoms with Gasteiger partial charge >= 0.3 is 12.2 Å². The minimum Gasteiger partial charge on any atom is -0.381 e. The number of rotatable bonds is 6. The molecule has 39 heavy (non-hydrogen) atoms. The summed E-state index contributed by atoms with van der Waals surface area (Å²) in [5.41, 5.74) is 0.842. The van der Waals surface area contributed by atoms with Crippen LogP contribution in [0.2, 0.25) is 15.1 Å². The average Bonchev–Trinajstić information content (AvgIpc) is 3.49. The lowest BCUT2D eigenvalue weighted by Crippen LogP contribution is -2.58. The number of pyridine rings is 1. The van der Waals surface area contributed by atoms with Gasteiger partial charge in [-0.15, -0.1) is 0 Å². The highest BCUT2D eigenvalue weighted by Crippen LogP contribution is 2.37. The molecule has 1 aromatic carbocycles. The Morgan fingerprint density at radius 3 is 2.54 bits per heavy atom. The summed E-state index contributed by atoms with van der Waals surface area (Å²) in [7, 11) is 0. The Hall–Kier alpha value is -3.33. The summed E-state index contributed by atoms with van der Waals surface area (Å²) in [5.74, 6) is -2.48. The number of nitrogens with zero attached hydrogens (tertiary/aromatic N) is 4. The molecule has 4 heterocycles. The number of benzene rings is 1. The Labute approximate surface area is 233 Å². The quantitative estimate of drug-likeness (QED) is 0.428. The average molecular weight is 607 g/mol. The normalized spacial score (nSPS) is 24.6. The number of oxime groups is 1. The van der Waals surface area contributed by atoms with Gasteiger partial charge in [0.25, 0.3) is 5.91 Å². The molecule has 0 radical (unpaired) electrons. The zero-order valence-electron chi connectivity index (χ0n) is 19.6. The Bertz CT molecular complexity index is 1430. The molecule has 1 aromatic heterocycles. The largest absolute Gasteiger partial charge is 0.417 e. The number of fused-ring (bicyclic) bond motifs is 1. The van der Waals surface area contributed by atoms with Gasteiger partial charge in [0.1, 0.15) is 17.4 Å². The molecule has 3 aliphatic rings. The lowest BCUT2D eigenvalue weighted by Gasteiger charge is -2.26. The fourth-order valence-electron chi connectivity index (χ4n) is 4.40. The molecule has 0 aliphatic carbocycles. The number of hydrazine groups is 1. The number of anilines is 2. The van der Waals surface area contributed by atoms with Crippen LogP contribution in [-0.2, 0) is 20.6 Å². The van der Waals surface area contributed by atoms with Gasteiger partial charge in [0.15, 0.2) is 5.66 Å². The van der Waals surface area contributed by atoms with Gasteiger partial charge in [0.05, 0.1) is 21.3 Å². The third-order valence-corrected chi connectivity index (χ3v) is 7.08. The van der Waals surface area contributed by atoms with Crippen LogP contribution in [0.5, 0.6) is 0 Å². The van der Waals surface area contributed by atoms with Crippen molar-refractivity contribution >= 4 is 69.9 Å². The number of halogens is 6. The highest BCUT2D eigenvalue weighted by atomic mass is 35.5. The summed E-state index contributed by atoms with van der Waals surface area (Å²) in [6, 6.07) is 4.63. The predicted octanol–water partition coefficient (Wildman–Crippen LogP) is 3.66. The first-order valence-corrected chi connectivity index (χ1v) is 12.3. The van der Waals surface area contributed by atoms with E-state index >= 15 is 0 Å². The van der Waals surface area contributed by atoms with E-state index in [4.69, 9.17) is 39.6 Å². The number of urea groups is 1. The van der Waals surface area contributed by atoms with Crippen LogP contribution in [0.3, 0.4) is 0 Å². The van der Waals surface area contributed by atoms with Gasteiger partial charge < -0.3 is 15.5 Å². The lowest BCUT2D eigenvalue weighted by atomic mass is 9.91. The second-order valence-corrected chi connectivity index (χ2v) is 10.1. The molecule has 4 amide bonds. The summed E-state index contributed by atoms with van der Waals surface area (Å²) in [6.07, 6.45) is -5.24. The molecule has 0 unspecified atom stereocenters. The van der Waals surface area contributed by atoms with Gasteiger partial charge in [0, 0.05) is 24.3 Å². The van der Waals surface area contributed by atoms with E-state index in [1.165, 1.54) is 18.2 Å². The Balaban J connectivity index is 1.27. The van der Waals surface area contributed by atoms with E-state index < -0.39 is 47.3 Å². The van der Waals surface area contributed by atoms with Crippen LogP contribution >= 0.6 is 34.8 Å². The minimum absolute atomic E-state index is 0.0474. The molecule has 11 nitrogen and oxygen atoms in total. The number of aromatic nitrogens is 1. The summed E-state index contributed by atoms with van der Waals surface area (Å²) < 4.78 is 38.5. The van der Waals surface area contributed by atoms with E-state index in [2.05, 4.69) is 26.2 Å². The molecule has 0 spiro atoms. The summed E-state index contributed by atoms with van der Waals surface area (Å²) in [5, 5.41) is 10.7. The van der Waals surface area contributed by atoms with Gasteiger partial charge in [0.2, 0.25) is 12.0 Å².